The number of carbonyl (C=O) groups is 2. The Hall–Kier alpha value is -1.88. The van der Waals surface area contributed by atoms with Crippen LogP contribution >= 0.6 is 0 Å². The molecule has 1 fully saturated rings. The van der Waals surface area contributed by atoms with Crippen molar-refractivity contribution < 1.29 is 14.7 Å². The molecule has 23 heavy (non-hydrogen) atoms. The number of hydrogen-bond acceptors (Lipinski definition) is 3. The van der Waals surface area contributed by atoms with E-state index in [0.717, 1.165) is 37.2 Å². The Balaban J connectivity index is 1.91. The number of rotatable bonds is 3. The molecule has 3 rings (SSSR count). The quantitative estimate of drug-likeness (QED) is 0.930. The Labute approximate surface area is 136 Å². The van der Waals surface area contributed by atoms with Crippen molar-refractivity contribution in [3.63, 3.8) is 0 Å². The topological polar surface area (TPSA) is 60.9 Å². The average Bonchev–Trinajstić information content (AvgIpc) is 2.70. The third-order valence-corrected chi connectivity index (χ3v) is 5.27. The zero-order chi connectivity index (χ0) is 16.8. The molecule has 0 radical (unpaired) electrons. The molecule has 1 saturated heterocycles. The minimum absolute atomic E-state index is 0.0777. The fourth-order valence-corrected chi connectivity index (χ4v) is 3.66. The molecule has 2 heterocycles. The summed E-state index contributed by atoms with van der Waals surface area (Å²) in [6.45, 7) is 6.63. The number of nitrogens with zero attached hydrogens (tertiary/aromatic N) is 2. The van der Waals surface area contributed by atoms with Crippen molar-refractivity contribution in [3.05, 3.63) is 29.3 Å². The molecule has 1 aromatic carbocycles. The Morgan fingerprint density at radius 3 is 2.57 bits per heavy atom. The molecule has 1 amide bonds. The van der Waals surface area contributed by atoms with Crippen molar-refractivity contribution >= 4 is 17.6 Å². The lowest BCUT2D eigenvalue weighted by Crippen LogP contribution is -2.41. The van der Waals surface area contributed by atoms with E-state index in [2.05, 4.69) is 11.9 Å². The molecule has 0 aliphatic carbocycles. The number of hydrogen-bond donors (Lipinski definition) is 1. The third kappa shape index (κ3) is 2.74. The van der Waals surface area contributed by atoms with Crippen LogP contribution in [-0.4, -0.2) is 48.6 Å². The third-order valence-electron chi connectivity index (χ3n) is 5.27. The number of amides is 1. The first kappa shape index (κ1) is 16.0. The van der Waals surface area contributed by atoms with Gasteiger partial charge in [-0.25, -0.2) is 4.79 Å². The van der Waals surface area contributed by atoms with Gasteiger partial charge in [-0.05, 0) is 70.4 Å². The summed E-state index contributed by atoms with van der Waals surface area (Å²) in [4.78, 5) is 28.3. The molecule has 0 bridgehead atoms. The Morgan fingerprint density at radius 1 is 1.30 bits per heavy atom. The van der Waals surface area contributed by atoms with Crippen LogP contribution in [0.15, 0.2) is 18.2 Å². The number of anilines is 1. The first-order valence-electron chi connectivity index (χ1n) is 8.19. The van der Waals surface area contributed by atoms with Crippen molar-refractivity contribution in [2.24, 2.45) is 5.92 Å². The smallest absolute Gasteiger partial charge is 0.335 e. The lowest BCUT2D eigenvalue weighted by Gasteiger charge is -2.32. The lowest BCUT2D eigenvalue weighted by atomic mass is 9.86. The molecule has 2 aliphatic rings. The first-order valence-corrected chi connectivity index (χ1v) is 8.19. The van der Waals surface area contributed by atoms with Gasteiger partial charge in [-0.1, -0.05) is 6.07 Å². The molecule has 1 N–H and O–H groups in total. The lowest BCUT2D eigenvalue weighted by molar-refractivity contribution is -0.122. The fourth-order valence-electron chi connectivity index (χ4n) is 3.66. The number of likely N-dealkylation sites (tertiary alicyclic amines) is 1. The van der Waals surface area contributed by atoms with Crippen molar-refractivity contribution in [1.29, 1.82) is 0 Å². The second-order valence-electron chi connectivity index (χ2n) is 7.32. The monoisotopic (exact) mass is 316 g/mol. The predicted octanol–water partition coefficient (Wildman–Crippen LogP) is 2.35. The molecule has 124 valence electrons. The summed E-state index contributed by atoms with van der Waals surface area (Å²) in [5.41, 5.74) is 1.36. The SMILES string of the molecule is CN1CCC(CN2C(=O)C(C)(C)c3ccc(C(=O)O)cc32)CC1. The van der Waals surface area contributed by atoms with Gasteiger partial charge >= 0.3 is 5.97 Å². The number of aromatic carboxylic acids is 1. The second-order valence-corrected chi connectivity index (χ2v) is 7.32. The average molecular weight is 316 g/mol. The van der Waals surface area contributed by atoms with Gasteiger partial charge in [0.15, 0.2) is 0 Å². The zero-order valence-corrected chi connectivity index (χ0v) is 14.0. The van der Waals surface area contributed by atoms with E-state index >= 15 is 0 Å². The van der Waals surface area contributed by atoms with E-state index in [1.165, 1.54) is 0 Å². The Morgan fingerprint density at radius 2 is 1.96 bits per heavy atom. The van der Waals surface area contributed by atoms with Crippen molar-refractivity contribution in [3.8, 4) is 0 Å². The van der Waals surface area contributed by atoms with E-state index in [1.807, 2.05) is 18.7 Å². The molecule has 0 atom stereocenters. The molecule has 5 nitrogen and oxygen atoms in total. The van der Waals surface area contributed by atoms with E-state index in [4.69, 9.17) is 0 Å². The van der Waals surface area contributed by atoms with E-state index in [-0.39, 0.29) is 11.5 Å². The highest BCUT2D eigenvalue weighted by Gasteiger charge is 2.44. The minimum Gasteiger partial charge on any atom is -0.478 e. The first-order chi connectivity index (χ1) is 10.8. The summed E-state index contributed by atoms with van der Waals surface area (Å²) >= 11 is 0. The fraction of sp³-hybridized carbons (Fsp3) is 0.556. The van der Waals surface area contributed by atoms with E-state index in [9.17, 15) is 14.7 Å². The van der Waals surface area contributed by atoms with Gasteiger partial charge in [0, 0.05) is 12.2 Å². The molecule has 2 aliphatic heterocycles. The Kier molecular flexibility index (Phi) is 3.92. The maximum atomic E-state index is 12.9. The molecule has 0 unspecified atom stereocenters. The van der Waals surface area contributed by atoms with E-state index in [0.29, 0.717) is 12.5 Å². The molecule has 5 heteroatoms. The normalized spacial score (nSPS) is 21.5. The van der Waals surface area contributed by atoms with Crippen molar-refractivity contribution in [2.45, 2.75) is 32.1 Å². The summed E-state index contributed by atoms with van der Waals surface area (Å²) in [6, 6.07) is 5.04. The van der Waals surface area contributed by atoms with Gasteiger partial charge < -0.3 is 14.9 Å². The maximum Gasteiger partial charge on any atom is 0.335 e. The van der Waals surface area contributed by atoms with E-state index in [1.54, 1.807) is 18.2 Å². The highest BCUT2D eigenvalue weighted by molar-refractivity contribution is 6.08. The molecular weight excluding hydrogens is 292 g/mol. The van der Waals surface area contributed by atoms with Crippen LogP contribution in [0.1, 0.15) is 42.6 Å². The maximum absolute atomic E-state index is 12.9. The standard InChI is InChI=1S/C18H24N2O3/c1-18(2)14-5-4-13(16(21)22)10-15(14)20(17(18)23)11-12-6-8-19(3)9-7-12/h4-5,10,12H,6-9,11H2,1-3H3,(H,21,22). The van der Waals surface area contributed by atoms with Crippen LogP contribution in [0.5, 0.6) is 0 Å². The van der Waals surface area contributed by atoms with Gasteiger partial charge in [-0.15, -0.1) is 0 Å². The van der Waals surface area contributed by atoms with Gasteiger partial charge in [-0.3, -0.25) is 4.79 Å². The van der Waals surface area contributed by atoms with Crippen LogP contribution in [0.25, 0.3) is 0 Å². The van der Waals surface area contributed by atoms with Gasteiger partial charge in [0.2, 0.25) is 5.91 Å². The molecule has 0 saturated carbocycles. The van der Waals surface area contributed by atoms with Crippen LogP contribution in [0, 0.1) is 5.92 Å². The summed E-state index contributed by atoms with van der Waals surface area (Å²) in [5, 5.41) is 9.24. The van der Waals surface area contributed by atoms with E-state index < -0.39 is 11.4 Å². The highest BCUT2D eigenvalue weighted by atomic mass is 16.4. The number of carboxylic acid groups (broad SMARTS) is 1. The second kappa shape index (κ2) is 5.64. The van der Waals surface area contributed by atoms with Crippen LogP contribution in [0.4, 0.5) is 5.69 Å². The zero-order valence-electron chi connectivity index (χ0n) is 14.0. The molecule has 0 spiro atoms. The van der Waals surface area contributed by atoms with Gasteiger partial charge in [0.05, 0.1) is 11.0 Å². The van der Waals surface area contributed by atoms with Crippen molar-refractivity contribution in [2.75, 3.05) is 31.6 Å². The van der Waals surface area contributed by atoms with Crippen molar-refractivity contribution in [1.82, 2.24) is 4.90 Å². The van der Waals surface area contributed by atoms with Crippen LogP contribution in [0.2, 0.25) is 0 Å². The number of piperidine rings is 1. The number of fused-ring (bicyclic) bond motifs is 1. The van der Waals surface area contributed by atoms with Gasteiger partial charge in [-0.2, -0.15) is 0 Å². The minimum atomic E-state index is -0.954. The summed E-state index contributed by atoms with van der Waals surface area (Å²) in [5.74, 6) is -0.399. The Bertz CT molecular complexity index is 646. The number of carboxylic acids is 1. The predicted molar refractivity (Wildman–Crippen MR) is 89.0 cm³/mol. The summed E-state index contributed by atoms with van der Waals surface area (Å²) in [7, 11) is 2.12. The summed E-state index contributed by atoms with van der Waals surface area (Å²) < 4.78 is 0. The molecule has 0 aromatic heterocycles. The largest absolute Gasteiger partial charge is 0.478 e. The van der Waals surface area contributed by atoms with Crippen LogP contribution < -0.4 is 4.90 Å². The van der Waals surface area contributed by atoms with Crippen LogP contribution in [-0.2, 0) is 10.2 Å². The van der Waals surface area contributed by atoms with Gasteiger partial charge in [0.25, 0.3) is 0 Å². The van der Waals surface area contributed by atoms with Crippen LogP contribution in [0.3, 0.4) is 0 Å². The molecular formula is C18H24N2O3. The number of carbonyl (C=O) groups excluding carboxylic acids is 1. The summed E-state index contributed by atoms with van der Waals surface area (Å²) in [6.07, 6.45) is 2.16. The molecule has 1 aromatic rings. The number of benzene rings is 1. The van der Waals surface area contributed by atoms with Gasteiger partial charge in [0.1, 0.15) is 0 Å². The highest BCUT2D eigenvalue weighted by Crippen LogP contribution is 2.42.